The molecule has 0 saturated heterocycles. The van der Waals surface area contributed by atoms with Crippen molar-refractivity contribution in [1.29, 1.82) is 0 Å². The van der Waals surface area contributed by atoms with E-state index < -0.39 is 12.1 Å². The van der Waals surface area contributed by atoms with Crippen molar-refractivity contribution in [3.63, 3.8) is 0 Å². The molecule has 4 rings (SSSR count). The number of aromatic nitrogens is 1. The van der Waals surface area contributed by atoms with Crippen LogP contribution in [0.15, 0.2) is 76.6 Å². The second kappa shape index (κ2) is 9.83. The maximum atomic E-state index is 11.0. The van der Waals surface area contributed by atoms with E-state index >= 15 is 0 Å². The first-order chi connectivity index (χ1) is 15.9. The number of aliphatic hydroxyl groups excluding tert-OH is 1. The fourth-order valence-corrected chi connectivity index (χ4v) is 4.22. The summed E-state index contributed by atoms with van der Waals surface area (Å²) in [6.07, 6.45) is 6.66. The molecule has 3 aromatic rings. The number of hydrogen-bond donors (Lipinski definition) is 4. The molecule has 0 spiro atoms. The van der Waals surface area contributed by atoms with Crippen LogP contribution in [0, 0.1) is 12.8 Å². The Hall–Kier alpha value is -3.71. The van der Waals surface area contributed by atoms with Gasteiger partial charge in [-0.3, -0.25) is 4.79 Å². The number of H-pyrrole nitrogens is 1. The first-order valence-electron chi connectivity index (χ1n) is 11.0. The average molecular weight is 446 g/mol. The van der Waals surface area contributed by atoms with Gasteiger partial charge >= 0.3 is 5.97 Å². The predicted octanol–water partition coefficient (Wildman–Crippen LogP) is 5.35. The molecular formula is C26H27N3O4. The van der Waals surface area contributed by atoms with E-state index in [4.69, 9.17) is 5.11 Å². The SMILES string of the molecule is Cc1ccccc1CCC1C=CC=C(N=Nc2c(O)[nH]c3cccc(CCC(=O)O)c23)C1O. The minimum Gasteiger partial charge on any atom is -0.493 e. The van der Waals surface area contributed by atoms with Gasteiger partial charge in [-0.25, -0.2) is 0 Å². The second-order valence-corrected chi connectivity index (χ2v) is 8.31. The van der Waals surface area contributed by atoms with E-state index in [1.54, 1.807) is 18.2 Å². The van der Waals surface area contributed by atoms with Crippen molar-refractivity contribution in [3.05, 3.63) is 83.1 Å². The van der Waals surface area contributed by atoms with Crippen molar-refractivity contribution in [2.75, 3.05) is 0 Å². The van der Waals surface area contributed by atoms with Gasteiger partial charge in [0.05, 0.1) is 11.2 Å². The lowest BCUT2D eigenvalue weighted by molar-refractivity contribution is -0.136. The molecule has 0 aliphatic heterocycles. The number of aromatic amines is 1. The number of nitrogens with zero attached hydrogens (tertiary/aromatic N) is 2. The van der Waals surface area contributed by atoms with Crippen LogP contribution < -0.4 is 0 Å². The molecule has 33 heavy (non-hydrogen) atoms. The highest BCUT2D eigenvalue weighted by Crippen LogP contribution is 2.39. The van der Waals surface area contributed by atoms with Crippen molar-refractivity contribution in [1.82, 2.24) is 4.98 Å². The summed E-state index contributed by atoms with van der Waals surface area (Å²) >= 11 is 0. The Balaban J connectivity index is 1.53. The number of aliphatic carboxylic acids is 1. The van der Waals surface area contributed by atoms with E-state index in [2.05, 4.69) is 34.3 Å². The Morgan fingerprint density at radius 3 is 2.64 bits per heavy atom. The van der Waals surface area contributed by atoms with Gasteiger partial charge in [0.2, 0.25) is 5.88 Å². The molecule has 2 atom stereocenters. The lowest BCUT2D eigenvalue weighted by Crippen LogP contribution is -2.23. The predicted molar refractivity (Wildman–Crippen MR) is 127 cm³/mol. The van der Waals surface area contributed by atoms with Gasteiger partial charge in [-0.15, -0.1) is 5.11 Å². The summed E-state index contributed by atoms with van der Waals surface area (Å²) in [7, 11) is 0. The van der Waals surface area contributed by atoms with Crippen LogP contribution in [-0.2, 0) is 17.6 Å². The fourth-order valence-electron chi connectivity index (χ4n) is 4.22. The van der Waals surface area contributed by atoms with Crippen LogP contribution in [0.4, 0.5) is 5.69 Å². The summed E-state index contributed by atoms with van der Waals surface area (Å²) in [6.45, 7) is 2.08. The normalized spacial score (nSPS) is 18.2. The molecule has 2 aromatic carbocycles. The van der Waals surface area contributed by atoms with Gasteiger partial charge in [0, 0.05) is 17.7 Å². The largest absolute Gasteiger partial charge is 0.493 e. The number of rotatable bonds is 8. The summed E-state index contributed by atoms with van der Waals surface area (Å²) in [5.41, 5.74) is 4.56. The molecule has 0 amide bonds. The Bertz CT molecular complexity index is 1260. The molecule has 1 heterocycles. The van der Waals surface area contributed by atoms with Crippen LogP contribution in [0.25, 0.3) is 10.9 Å². The molecule has 4 N–H and O–H groups in total. The summed E-state index contributed by atoms with van der Waals surface area (Å²) in [4.78, 5) is 13.9. The zero-order chi connectivity index (χ0) is 23.4. The van der Waals surface area contributed by atoms with Gasteiger partial charge < -0.3 is 20.3 Å². The van der Waals surface area contributed by atoms with E-state index in [-0.39, 0.29) is 23.9 Å². The zero-order valence-corrected chi connectivity index (χ0v) is 18.4. The molecule has 2 unspecified atom stereocenters. The lowest BCUT2D eigenvalue weighted by Gasteiger charge is -2.22. The Labute approximate surface area is 191 Å². The number of carboxylic acids is 1. The monoisotopic (exact) mass is 445 g/mol. The third-order valence-corrected chi connectivity index (χ3v) is 6.08. The highest BCUT2D eigenvalue weighted by Gasteiger charge is 2.24. The van der Waals surface area contributed by atoms with Gasteiger partial charge in [0.25, 0.3) is 0 Å². The summed E-state index contributed by atoms with van der Waals surface area (Å²) in [5, 5.41) is 39.5. The number of aliphatic hydroxyl groups is 1. The number of allylic oxidation sites excluding steroid dienone is 2. The number of carbonyl (C=O) groups is 1. The van der Waals surface area contributed by atoms with E-state index in [9.17, 15) is 15.0 Å². The van der Waals surface area contributed by atoms with Gasteiger partial charge in [-0.2, -0.15) is 5.11 Å². The molecule has 7 nitrogen and oxygen atoms in total. The molecule has 1 aliphatic rings. The molecule has 170 valence electrons. The van der Waals surface area contributed by atoms with E-state index in [1.807, 2.05) is 30.4 Å². The molecule has 7 heteroatoms. The minimum atomic E-state index is -0.894. The number of carboxylic acid groups (broad SMARTS) is 1. The van der Waals surface area contributed by atoms with Crippen LogP contribution in [0.2, 0.25) is 0 Å². The van der Waals surface area contributed by atoms with Crippen molar-refractivity contribution in [2.45, 2.75) is 38.7 Å². The Kier molecular flexibility index (Phi) is 6.70. The smallest absolute Gasteiger partial charge is 0.303 e. The summed E-state index contributed by atoms with van der Waals surface area (Å²) in [6, 6.07) is 13.6. The van der Waals surface area contributed by atoms with E-state index in [0.717, 1.165) is 18.4 Å². The molecule has 0 saturated carbocycles. The third-order valence-electron chi connectivity index (χ3n) is 6.08. The second-order valence-electron chi connectivity index (χ2n) is 8.31. The van der Waals surface area contributed by atoms with Crippen molar-refractivity contribution < 1.29 is 20.1 Å². The third kappa shape index (κ3) is 5.04. The lowest BCUT2D eigenvalue weighted by atomic mass is 9.89. The van der Waals surface area contributed by atoms with Crippen molar-refractivity contribution in [3.8, 4) is 5.88 Å². The van der Waals surface area contributed by atoms with Gasteiger partial charge in [-0.1, -0.05) is 48.6 Å². The number of benzene rings is 2. The molecule has 1 aliphatic carbocycles. The Morgan fingerprint density at radius 1 is 1.06 bits per heavy atom. The number of hydrogen-bond acceptors (Lipinski definition) is 5. The molecule has 1 aromatic heterocycles. The minimum absolute atomic E-state index is 0.0289. The number of azo groups is 1. The first-order valence-corrected chi connectivity index (χ1v) is 11.0. The van der Waals surface area contributed by atoms with Gasteiger partial charge in [0.1, 0.15) is 6.10 Å². The molecule has 0 fully saturated rings. The van der Waals surface area contributed by atoms with Gasteiger partial charge in [-0.05, 0) is 55.0 Å². The van der Waals surface area contributed by atoms with Crippen LogP contribution in [0.3, 0.4) is 0 Å². The standard InChI is InChI=1S/C26H27N3O4/c1-16-6-2-3-7-17(16)12-13-19-9-5-11-21(25(19)32)28-29-24-23-18(14-15-22(30)31)8-4-10-20(23)27-26(24)33/h2-11,19,25,27,32-33H,12-15H2,1H3,(H,30,31). The molecule has 0 radical (unpaired) electrons. The van der Waals surface area contributed by atoms with E-state index in [1.165, 1.54) is 11.1 Å². The van der Waals surface area contributed by atoms with Crippen molar-refractivity contribution in [2.24, 2.45) is 16.1 Å². The first kappa shape index (κ1) is 22.5. The average Bonchev–Trinajstić information content (AvgIpc) is 3.12. The number of aryl methyl sites for hydroxylation is 3. The van der Waals surface area contributed by atoms with Crippen molar-refractivity contribution >= 4 is 22.6 Å². The zero-order valence-electron chi connectivity index (χ0n) is 18.4. The van der Waals surface area contributed by atoms with Crippen LogP contribution >= 0.6 is 0 Å². The maximum absolute atomic E-state index is 11.0. The molecule has 0 bridgehead atoms. The number of fused-ring (bicyclic) bond motifs is 1. The quantitative estimate of drug-likeness (QED) is 0.350. The Morgan fingerprint density at radius 2 is 1.85 bits per heavy atom. The van der Waals surface area contributed by atoms with Crippen LogP contribution in [0.1, 0.15) is 29.5 Å². The van der Waals surface area contributed by atoms with Crippen LogP contribution in [-0.4, -0.2) is 32.4 Å². The maximum Gasteiger partial charge on any atom is 0.303 e. The highest BCUT2D eigenvalue weighted by molar-refractivity contribution is 5.97. The fraction of sp³-hybridized carbons (Fsp3) is 0.269. The number of aromatic hydroxyl groups is 1. The highest BCUT2D eigenvalue weighted by atomic mass is 16.4. The number of nitrogens with one attached hydrogen (secondary N) is 1. The summed E-state index contributed by atoms with van der Waals surface area (Å²) < 4.78 is 0. The van der Waals surface area contributed by atoms with Crippen LogP contribution in [0.5, 0.6) is 5.88 Å². The summed E-state index contributed by atoms with van der Waals surface area (Å²) in [5.74, 6) is -1.13. The topological polar surface area (TPSA) is 118 Å². The molecular weight excluding hydrogens is 418 g/mol. The van der Waals surface area contributed by atoms with Gasteiger partial charge in [0.15, 0.2) is 5.69 Å². The van der Waals surface area contributed by atoms with E-state index in [0.29, 0.717) is 23.0 Å².